The zero-order valence-corrected chi connectivity index (χ0v) is 37.7. The molecule has 13 aromatic rings. The summed E-state index contributed by atoms with van der Waals surface area (Å²) in [5.41, 5.74) is 20.1. The molecule has 0 N–H and O–H groups in total. The lowest BCUT2D eigenvalue weighted by Gasteiger charge is -2.27. The lowest BCUT2D eigenvalue weighted by Crippen LogP contribution is -2.10. The van der Waals surface area contributed by atoms with Crippen molar-refractivity contribution in [3.63, 3.8) is 0 Å². The molecule has 11 aromatic carbocycles. The zero-order valence-electron chi connectivity index (χ0n) is 37.7. The molecule has 0 saturated carbocycles. The highest BCUT2D eigenvalue weighted by atomic mass is 16.3. The number of rotatable bonds is 9. The number of nitrogens with zero attached hydrogens (tertiary/aromatic N) is 2. The first-order chi connectivity index (χ1) is 34.2. The summed E-state index contributed by atoms with van der Waals surface area (Å²) in [7, 11) is 0. The molecule has 0 aliphatic heterocycles. The van der Waals surface area contributed by atoms with E-state index in [1.165, 1.54) is 49.6 Å². The quantitative estimate of drug-likeness (QED) is 0.144. The van der Waals surface area contributed by atoms with Crippen LogP contribution in [0.5, 0.6) is 0 Å². The van der Waals surface area contributed by atoms with Crippen LogP contribution in [0.3, 0.4) is 0 Å². The minimum Gasteiger partial charge on any atom is -0.455 e. The predicted molar refractivity (Wildman–Crippen MR) is 290 cm³/mol. The summed E-state index contributed by atoms with van der Waals surface area (Å²) in [6, 6.07) is 96.1. The number of aromatic nitrogens is 1. The number of anilines is 3. The van der Waals surface area contributed by atoms with Crippen molar-refractivity contribution < 1.29 is 4.42 Å². The van der Waals surface area contributed by atoms with Crippen LogP contribution in [-0.4, -0.2) is 4.57 Å². The maximum atomic E-state index is 6.48. The summed E-state index contributed by atoms with van der Waals surface area (Å²) in [4.78, 5) is 2.37. The monoisotopic (exact) mass is 880 g/mol. The van der Waals surface area contributed by atoms with Gasteiger partial charge < -0.3 is 13.9 Å². The minimum atomic E-state index is 0.898. The van der Waals surface area contributed by atoms with Crippen LogP contribution in [0, 0.1) is 0 Å². The molecule has 0 fully saturated rings. The molecule has 3 heteroatoms. The van der Waals surface area contributed by atoms with Crippen molar-refractivity contribution in [1.29, 1.82) is 0 Å². The first-order valence-electron chi connectivity index (χ1n) is 23.6. The molecule has 0 amide bonds. The Morgan fingerprint density at radius 3 is 1.42 bits per heavy atom. The van der Waals surface area contributed by atoms with Crippen LogP contribution in [0.25, 0.3) is 105 Å². The van der Waals surface area contributed by atoms with Crippen molar-refractivity contribution >= 4 is 60.8 Å². The van der Waals surface area contributed by atoms with E-state index in [4.69, 9.17) is 4.42 Å². The first kappa shape index (κ1) is 40.1. The summed E-state index contributed by atoms with van der Waals surface area (Å²) in [5.74, 6) is 0. The van der Waals surface area contributed by atoms with Crippen LogP contribution in [0.4, 0.5) is 17.1 Å². The van der Waals surface area contributed by atoms with Gasteiger partial charge in [0.25, 0.3) is 0 Å². The number of fused-ring (bicyclic) bond motifs is 6. The van der Waals surface area contributed by atoms with Gasteiger partial charge in [0, 0.05) is 49.7 Å². The van der Waals surface area contributed by atoms with E-state index in [0.29, 0.717) is 0 Å². The van der Waals surface area contributed by atoms with Gasteiger partial charge in [-0.25, -0.2) is 0 Å². The summed E-state index contributed by atoms with van der Waals surface area (Å²) >= 11 is 0. The topological polar surface area (TPSA) is 21.3 Å². The number of hydrogen-bond acceptors (Lipinski definition) is 2. The molecule has 2 heterocycles. The van der Waals surface area contributed by atoms with Gasteiger partial charge in [-0.05, 0) is 105 Å². The van der Waals surface area contributed by atoms with E-state index in [9.17, 15) is 0 Å². The highest BCUT2D eigenvalue weighted by Gasteiger charge is 2.20. The largest absolute Gasteiger partial charge is 0.455 e. The molecule has 69 heavy (non-hydrogen) atoms. The molecule has 0 spiro atoms. The van der Waals surface area contributed by atoms with E-state index in [2.05, 4.69) is 264 Å². The summed E-state index contributed by atoms with van der Waals surface area (Å²) in [5, 5.41) is 4.75. The Balaban J connectivity index is 0.916. The maximum Gasteiger partial charge on any atom is 0.143 e. The molecule has 0 saturated heterocycles. The smallest absolute Gasteiger partial charge is 0.143 e. The Morgan fingerprint density at radius 1 is 0.275 bits per heavy atom. The molecule has 13 rings (SSSR count). The van der Waals surface area contributed by atoms with E-state index in [-0.39, 0.29) is 0 Å². The first-order valence-corrected chi connectivity index (χ1v) is 23.6. The Bertz CT molecular complexity index is 3940. The summed E-state index contributed by atoms with van der Waals surface area (Å²) in [6.07, 6.45) is 0. The molecule has 2 aromatic heterocycles. The summed E-state index contributed by atoms with van der Waals surface area (Å²) < 4.78 is 8.91. The predicted octanol–water partition coefficient (Wildman–Crippen LogP) is 18.5. The minimum absolute atomic E-state index is 0.898. The second-order valence-corrected chi connectivity index (χ2v) is 17.6. The SMILES string of the molecule is c1ccc(-c2ccc(-c3ccc(N(c4ccc(-c5cccc6c5oc5ccccc56)cc4)c4cccc(-c5ccccc5-c5ccccc5-n5c6ccccc6c6ccccc65)c4)cc3)cc2)cc1. The van der Waals surface area contributed by atoms with Gasteiger partial charge in [-0.2, -0.15) is 0 Å². The fourth-order valence-electron chi connectivity index (χ4n) is 10.4. The van der Waals surface area contributed by atoms with Crippen LogP contribution in [0.1, 0.15) is 0 Å². The molecule has 0 atom stereocenters. The molecular formula is C66H44N2O. The molecule has 0 aliphatic carbocycles. The molecule has 0 aliphatic rings. The van der Waals surface area contributed by atoms with Gasteiger partial charge in [-0.15, -0.1) is 0 Å². The lowest BCUT2D eigenvalue weighted by atomic mass is 9.93. The van der Waals surface area contributed by atoms with Gasteiger partial charge in [0.05, 0.1) is 16.7 Å². The molecule has 0 unspecified atom stereocenters. The lowest BCUT2D eigenvalue weighted by molar-refractivity contribution is 0.670. The van der Waals surface area contributed by atoms with E-state index in [0.717, 1.165) is 72.5 Å². The van der Waals surface area contributed by atoms with Crippen molar-refractivity contribution in [2.24, 2.45) is 0 Å². The van der Waals surface area contributed by atoms with E-state index >= 15 is 0 Å². The van der Waals surface area contributed by atoms with Gasteiger partial charge in [0.2, 0.25) is 0 Å². The standard InChI is InChI=1S/C66H44N2O/c1-2-16-45(17-3-1)46-32-34-47(35-33-46)48-36-40-51(41-37-48)67(52-42-38-49(39-43-52)55-26-15-27-61-60-25-9-13-31-65(60)69-66(55)61)53-19-14-18-50(44-53)54-20-4-5-21-56(54)57-22-6-10-28-62(57)68-63-29-11-7-23-58(63)59-24-8-12-30-64(59)68/h1-44H. The Labute approximate surface area is 401 Å². The Morgan fingerprint density at radius 2 is 0.739 bits per heavy atom. The zero-order chi connectivity index (χ0) is 45.7. The molecule has 0 bridgehead atoms. The van der Waals surface area contributed by atoms with Crippen molar-refractivity contribution in [2.75, 3.05) is 4.90 Å². The molecule has 3 nitrogen and oxygen atoms in total. The number of benzene rings is 11. The van der Waals surface area contributed by atoms with Gasteiger partial charge in [0.1, 0.15) is 11.2 Å². The van der Waals surface area contributed by atoms with Crippen molar-refractivity contribution in [3.8, 4) is 61.3 Å². The molecule has 0 radical (unpaired) electrons. The van der Waals surface area contributed by atoms with E-state index in [1.807, 2.05) is 12.1 Å². The van der Waals surface area contributed by atoms with Crippen LogP contribution in [0.2, 0.25) is 0 Å². The third-order valence-electron chi connectivity index (χ3n) is 13.6. The van der Waals surface area contributed by atoms with Gasteiger partial charge in [-0.1, -0.05) is 206 Å². The Hall–Kier alpha value is -9.18. The van der Waals surface area contributed by atoms with Crippen molar-refractivity contribution in [1.82, 2.24) is 4.57 Å². The average molecular weight is 881 g/mol. The number of furan rings is 1. The van der Waals surface area contributed by atoms with Gasteiger partial charge in [-0.3, -0.25) is 0 Å². The highest BCUT2D eigenvalue weighted by Crippen LogP contribution is 2.43. The van der Waals surface area contributed by atoms with Gasteiger partial charge >= 0.3 is 0 Å². The second kappa shape index (κ2) is 16.9. The normalized spacial score (nSPS) is 11.5. The summed E-state index contributed by atoms with van der Waals surface area (Å²) in [6.45, 7) is 0. The van der Waals surface area contributed by atoms with Crippen LogP contribution in [0.15, 0.2) is 271 Å². The van der Waals surface area contributed by atoms with Crippen LogP contribution in [-0.2, 0) is 0 Å². The third kappa shape index (κ3) is 7.08. The van der Waals surface area contributed by atoms with Crippen molar-refractivity contribution in [2.45, 2.75) is 0 Å². The molecular weight excluding hydrogens is 837 g/mol. The van der Waals surface area contributed by atoms with Gasteiger partial charge in [0.15, 0.2) is 0 Å². The number of para-hydroxylation sites is 5. The number of hydrogen-bond donors (Lipinski definition) is 0. The second-order valence-electron chi connectivity index (χ2n) is 17.6. The van der Waals surface area contributed by atoms with E-state index < -0.39 is 0 Å². The fraction of sp³-hybridized carbons (Fsp3) is 0. The van der Waals surface area contributed by atoms with Crippen molar-refractivity contribution in [3.05, 3.63) is 267 Å². The Kier molecular flexibility index (Phi) is 9.84. The van der Waals surface area contributed by atoms with Crippen LogP contribution >= 0.6 is 0 Å². The maximum absolute atomic E-state index is 6.48. The molecule has 324 valence electrons. The fourth-order valence-corrected chi connectivity index (χ4v) is 10.4. The third-order valence-corrected chi connectivity index (χ3v) is 13.6. The average Bonchev–Trinajstić information content (AvgIpc) is 3.98. The van der Waals surface area contributed by atoms with E-state index in [1.54, 1.807) is 0 Å². The van der Waals surface area contributed by atoms with Crippen LogP contribution < -0.4 is 4.90 Å². The highest BCUT2D eigenvalue weighted by molar-refractivity contribution is 6.11.